The second-order valence-corrected chi connectivity index (χ2v) is 8.24. The molecule has 2 aromatic carbocycles. The molecule has 1 saturated heterocycles. The molecular weight excluding hydrogens is 400 g/mol. The summed E-state index contributed by atoms with van der Waals surface area (Å²) < 4.78 is 5.26. The molecule has 0 radical (unpaired) electrons. The van der Waals surface area contributed by atoms with E-state index in [9.17, 15) is 4.79 Å². The summed E-state index contributed by atoms with van der Waals surface area (Å²) in [5.74, 6) is 0.802. The van der Waals surface area contributed by atoms with Gasteiger partial charge in [0.15, 0.2) is 0 Å². The van der Waals surface area contributed by atoms with Crippen molar-refractivity contribution >= 4 is 23.2 Å². The molecule has 30 heavy (non-hydrogen) atoms. The van der Waals surface area contributed by atoms with E-state index in [2.05, 4.69) is 16.8 Å². The van der Waals surface area contributed by atoms with Gasteiger partial charge < -0.3 is 9.64 Å². The lowest BCUT2D eigenvalue weighted by atomic mass is 9.98. The summed E-state index contributed by atoms with van der Waals surface area (Å²) in [5.41, 5.74) is 2.80. The molecule has 1 fully saturated rings. The molecule has 0 bridgehead atoms. The van der Waals surface area contributed by atoms with Crippen LogP contribution in [0, 0.1) is 0 Å². The maximum atomic E-state index is 13.3. The second-order valence-electron chi connectivity index (χ2n) is 7.83. The number of rotatable bonds is 5. The van der Waals surface area contributed by atoms with Crippen molar-refractivity contribution in [3.8, 4) is 5.75 Å². The van der Waals surface area contributed by atoms with Crippen LogP contribution in [0.1, 0.15) is 23.6 Å². The van der Waals surface area contributed by atoms with Gasteiger partial charge in [0.05, 0.1) is 25.4 Å². The lowest BCUT2D eigenvalue weighted by Crippen LogP contribution is -2.48. The number of hydrogen-bond acceptors (Lipinski definition) is 5. The Labute approximate surface area is 182 Å². The molecule has 0 saturated carbocycles. The molecule has 1 atom stereocenters. The minimum atomic E-state index is -0.198. The molecule has 0 aliphatic carbocycles. The van der Waals surface area contributed by atoms with Gasteiger partial charge in [-0.05, 0) is 48.5 Å². The lowest BCUT2D eigenvalue weighted by Gasteiger charge is -2.33. The predicted molar refractivity (Wildman–Crippen MR) is 119 cm³/mol. The first kappa shape index (κ1) is 20.8. The third-order valence-electron chi connectivity index (χ3n) is 5.81. The van der Waals surface area contributed by atoms with Crippen LogP contribution in [-0.2, 0) is 4.79 Å². The number of hydrogen-bond donors (Lipinski definition) is 0. The molecule has 2 aliphatic heterocycles. The Hall–Kier alpha value is -2.41. The van der Waals surface area contributed by atoms with Gasteiger partial charge in [-0.1, -0.05) is 29.8 Å². The van der Waals surface area contributed by atoms with E-state index < -0.39 is 0 Å². The van der Waals surface area contributed by atoms with E-state index in [1.807, 2.05) is 48.5 Å². The van der Waals surface area contributed by atoms with Crippen LogP contribution in [0.25, 0.3) is 0 Å². The first-order valence-electron chi connectivity index (χ1n) is 10.2. The first-order chi connectivity index (χ1) is 14.5. The zero-order valence-electron chi connectivity index (χ0n) is 17.4. The van der Waals surface area contributed by atoms with E-state index in [4.69, 9.17) is 21.4 Å². The van der Waals surface area contributed by atoms with Gasteiger partial charge in [-0.2, -0.15) is 5.10 Å². The Morgan fingerprint density at radius 2 is 1.80 bits per heavy atom. The normalized spacial score (nSPS) is 20.3. The Morgan fingerprint density at radius 1 is 1.10 bits per heavy atom. The molecule has 0 aromatic heterocycles. The number of carbonyl (C=O) groups is 1. The quantitative estimate of drug-likeness (QED) is 0.736. The minimum absolute atomic E-state index is 0.00739. The van der Waals surface area contributed by atoms with Crippen LogP contribution in [0.2, 0.25) is 5.02 Å². The van der Waals surface area contributed by atoms with Gasteiger partial charge >= 0.3 is 0 Å². The van der Waals surface area contributed by atoms with E-state index >= 15 is 0 Å². The van der Waals surface area contributed by atoms with Crippen molar-refractivity contribution in [1.82, 2.24) is 14.8 Å². The highest BCUT2D eigenvalue weighted by molar-refractivity contribution is 6.31. The number of benzene rings is 2. The summed E-state index contributed by atoms with van der Waals surface area (Å²) in [6.45, 7) is 4.10. The molecule has 6 nitrogen and oxygen atoms in total. The third-order valence-corrected chi connectivity index (χ3v) is 6.15. The summed E-state index contributed by atoms with van der Waals surface area (Å²) in [6, 6.07) is 15.3. The van der Waals surface area contributed by atoms with E-state index in [-0.39, 0.29) is 11.9 Å². The van der Waals surface area contributed by atoms with Crippen molar-refractivity contribution in [2.45, 2.75) is 12.5 Å². The Kier molecular flexibility index (Phi) is 6.37. The number of hydrazone groups is 1. The van der Waals surface area contributed by atoms with Crippen LogP contribution in [0.4, 0.5) is 0 Å². The predicted octanol–water partition coefficient (Wildman–Crippen LogP) is 3.27. The van der Waals surface area contributed by atoms with Crippen molar-refractivity contribution in [3.63, 3.8) is 0 Å². The Morgan fingerprint density at radius 3 is 2.47 bits per heavy atom. The van der Waals surface area contributed by atoms with Crippen LogP contribution in [0.3, 0.4) is 0 Å². The maximum Gasteiger partial charge on any atom is 0.257 e. The maximum absolute atomic E-state index is 13.3. The fraction of sp³-hybridized carbons (Fsp3) is 0.391. The van der Waals surface area contributed by atoms with Crippen LogP contribution >= 0.6 is 11.6 Å². The number of amides is 1. The highest BCUT2D eigenvalue weighted by Crippen LogP contribution is 2.36. The van der Waals surface area contributed by atoms with E-state index in [0.29, 0.717) is 18.0 Å². The third kappa shape index (κ3) is 4.51. The molecule has 0 spiro atoms. The minimum Gasteiger partial charge on any atom is -0.497 e. The number of nitrogens with zero attached hydrogens (tertiary/aromatic N) is 4. The number of ether oxygens (including phenoxy) is 1. The van der Waals surface area contributed by atoms with Gasteiger partial charge in [0.2, 0.25) is 0 Å². The fourth-order valence-corrected chi connectivity index (χ4v) is 4.22. The molecule has 4 rings (SSSR count). The zero-order valence-corrected chi connectivity index (χ0v) is 18.2. The average Bonchev–Trinajstić information content (AvgIpc) is 3.21. The molecular formula is C23H27ClN4O2. The summed E-state index contributed by atoms with van der Waals surface area (Å²) >= 11 is 6.49. The van der Waals surface area contributed by atoms with Crippen LogP contribution in [-0.4, -0.2) is 73.3 Å². The molecule has 158 valence electrons. The van der Waals surface area contributed by atoms with Gasteiger partial charge in [-0.15, -0.1) is 0 Å². The standard InChI is InChI=1S/C23H27ClN4O2/c1-26-11-13-27(14-12-26)16-23(29)28-22(19-5-3-4-6-20(19)24)15-21(25-28)17-7-9-18(30-2)10-8-17/h3-10,22H,11-16H2,1-2H3/t22-/m0/s1. The lowest BCUT2D eigenvalue weighted by molar-refractivity contribution is -0.134. The van der Waals surface area contributed by atoms with Crippen LogP contribution < -0.4 is 4.74 Å². The van der Waals surface area contributed by atoms with Gasteiger partial charge in [-0.25, -0.2) is 5.01 Å². The van der Waals surface area contributed by atoms with Crippen LogP contribution in [0.5, 0.6) is 5.75 Å². The molecule has 1 amide bonds. The van der Waals surface area contributed by atoms with Crippen molar-refractivity contribution in [2.75, 3.05) is 46.9 Å². The Bertz CT molecular complexity index is 923. The molecule has 2 heterocycles. The molecule has 0 N–H and O–H groups in total. The number of methoxy groups -OCH3 is 1. The van der Waals surface area contributed by atoms with Crippen molar-refractivity contribution < 1.29 is 9.53 Å². The zero-order chi connectivity index (χ0) is 21.1. The van der Waals surface area contributed by atoms with E-state index in [0.717, 1.165) is 48.8 Å². The highest BCUT2D eigenvalue weighted by atomic mass is 35.5. The summed E-state index contributed by atoms with van der Waals surface area (Å²) in [7, 11) is 3.76. The summed E-state index contributed by atoms with van der Waals surface area (Å²) in [6.07, 6.45) is 0.630. The van der Waals surface area contributed by atoms with Gasteiger partial charge in [0, 0.05) is 37.6 Å². The smallest absolute Gasteiger partial charge is 0.257 e. The molecule has 7 heteroatoms. The van der Waals surface area contributed by atoms with Crippen LogP contribution in [0.15, 0.2) is 53.6 Å². The van der Waals surface area contributed by atoms with Gasteiger partial charge in [0.1, 0.15) is 5.75 Å². The number of likely N-dealkylation sites (N-methyl/N-ethyl adjacent to an activating group) is 1. The van der Waals surface area contributed by atoms with Gasteiger partial charge in [-0.3, -0.25) is 9.69 Å². The number of carbonyl (C=O) groups excluding carboxylic acids is 1. The first-order valence-corrected chi connectivity index (χ1v) is 10.6. The van der Waals surface area contributed by atoms with Crippen molar-refractivity contribution in [3.05, 3.63) is 64.7 Å². The SMILES string of the molecule is COc1ccc(C2=NN(C(=O)CN3CCN(C)CC3)[C@H](c3ccccc3Cl)C2)cc1. The number of halogens is 1. The molecule has 0 unspecified atom stereocenters. The largest absolute Gasteiger partial charge is 0.497 e. The molecule has 2 aliphatic rings. The Balaban J connectivity index is 1.59. The summed E-state index contributed by atoms with van der Waals surface area (Å²) in [5, 5.41) is 7.05. The fourth-order valence-electron chi connectivity index (χ4n) is 3.96. The van der Waals surface area contributed by atoms with Gasteiger partial charge in [0.25, 0.3) is 5.91 Å². The average molecular weight is 427 g/mol. The summed E-state index contributed by atoms with van der Waals surface area (Å²) in [4.78, 5) is 17.8. The number of piperazine rings is 1. The molecule has 2 aromatic rings. The van der Waals surface area contributed by atoms with Crippen molar-refractivity contribution in [2.24, 2.45) is 5.10 Å². The van der Waals surface area contributed by atoms with E-state index in [1.165, 1.54) is 0 Å². The second kappa shape index (κ2) is 9.16. The van der Waals surface area contributed by atoms with Crippen molar-refractivity contribution in [1.29, 1.82) is 0 Å². The topological polar surface area (TPSA) is 48.4 Å². The van der Waals surface area contributed by atoms with E-state index in [1.54, 1.807) is 12.1 Å². The highest BCUT2D eigenvalue weighted by Gasteiger charge is 2.35. The monoisotopic (exact) mass is 426 g/mol.